The van der Waals surface area contributed by atoms with Crippen LogP contribution in [0.5, 0.6) is 0 Å². The van der Waals surface area contributed by atoms with Crippen molar-refractivity contribution in [1.82, 2.24) is 15.2 Å². The van der Waals surface area contributed by atoms with E-state index >= 15 is 0 Å². The van der Waals surface area contributed by atoms with Crippen LogP contribution < -0.4 is 10.9 Å². The number of hydrogen-bond acceptors (Lipinski definition) is 4. The van der Waals surface area contributed by atoms with Crippen LogP contribution in [-0.2, 0) is 10.8 Å². The Morgan fingerprint density at radius 1 is 1.35 bits per heavy atom. The Balaban J connectivity index is 2.02. The highest BCUT2D eigenvalue weighted by atomic mass is 32.2. The summed E-state index contributed by atoms with van der Waals surface area (Å²) in [7, 11) is -1.02. The zero-order valence-corrected chi connectivity index (χ0v) is 10.1. The minimum absolute atomic E-state index is 0.303. The fraction of sp³-hybridized carbons (Fsp3) is 0.182. The van der Waals surface area contributed by atoms with Crippen molar-refractivity contribution in [2.75, 3.05) is 11.7 Å². The van der Waals surface area contributed by atoms with Gasteiger partial charge in [-0.1, -0.05) is 30.3 Å². The van der Waals surface area contributed by atoms with Crippen molar-refractivity contribution in [3.05, 3.63) is 36.4 Å². The van der Waals surface area contributed by atoms with Crippen LogP contribution in [0.15, 0.2) is 36.4 Å². The maximum atomic E-state index is 11.5. The number of hydrazine groups is 1. The predicted octanol–water partition coefficient (Wildman–Crippen LogP) is 1.31. The third kappa shape index (κ3) is 1.75. The van der Waals surface area contributed by atoms with Gasteiger partial charge in [0.1, 0.15) is 5.82 Å². The van der Waals surface area contributed by atoms with Gasteiger partial charge in [0.05, 0.1) is 16.5 Å². The van der Waals surface area contributed by atoms with Crippen molar-refractivity contribution in [2.45, 2.75) is 5.50 Å². The normalized spacial score (nSPS) is 19.7. The molecule has 5 nitrogen and oxygen atoms in total. The number of hydrogen-bond donors (Lipinski definition) is 2. The average Bonchev–Trinajstić information content (AvgIpc) is 2.88. The third-order valence-electron chi connectivity index (χ3n) is 2.67. The monoisotopic (exact) mass is 248 g/mol. The first-order valence-corrected chi connectivity index (χ1v) is 6.86. The van der Waals surface area contributed by atoms with Gasteiger partial charge in [-0.25, -0.2) is 10.1 Å². The number of benzene rings is 1. The Hall–Kier alpha value is -1.66. The summed E-state index contributed by atoms with van der Waals surface area (Å²) in [6, 6.07) is 11.9. The fourth-order valence-corrected chi connectivity index (χ4v) is 2.50. The Bertz CT molecular complexity index is 566. The average molecular weight is 248 g/mol. The largest absolute Gasteiger partial charge is 0.303 e. The fourth-order valence-electron chi connectivity index (χ4n) is 1.84. The van der Waals surface area contributed by atoms with E-state index in [-0.39, 0.29) is 5.50 Å². The molecule has 1 aromatic heterocycles. The quantitative estimate of drug-likeness (QED) is 0.841. The van der Waals surface area contributed by atoms with Crippen molar-refractivity contribution in [3.8, 4) is 11.3 Å². The molecule has 0 fully saturated rings. The molecule has 0 saturated carbocycles. The lowest BCUT2D eigenvalue weighted by atomic mass is 10.2. The molecule has 2 heterocycles. The minimum Gasteiger partial charge on any atom is -0.303 e. The standard InChI is InChI=1S/C11H12N4OS/c1-17(16)11-13-12-10-7-9(14-15(10)11)8-5-3-2-4-6-8/h2-7,11-13H,1H3. The first-order valence-electron chi connectivity index (χ1n) is 5.24. The zero-order valence-electron chi connectivity index (χ0n) is 9.25. The maximum absolute atomic E-state index is 11.5. The van der Waals surface area contributed by atoms with Gasteiger partial charge in [0.15, 0.2) is 5.50 Å². The second-order valence-electron chi connectivity index (χ2n) is 3.85. The topological polar surface area (TPSA) is 59.0 Å². The number of fused-ring (bicyclic) bond motifs is 1. The van der Waals surface area contributed by atoms with Crippen molar-refractivity contribution in [1.29, 1.82) is 0 Å². The molecule has 88 valence electrons. The van der Waals surface area contributed by atoms with Crippen LogP contribution in [0, 0.1) is 0 Å². The molecule has 0 spiro atoms. The van der Waals surface area contributed by atoms with Crippen LogP contribution >= 0.6 is 0 Å². The summed E-state index contributed by atoms with van der Waals surface area (Å²) in [5.41, 5.74) is 7.54. The van der Waals surface area contributed by atoms with Crippen molar-refractivity contribution < 1.29 is 4.21 Å². The Morgan fingerprint density at radius 2 is 2.12 bits per heavy atom. The summed E-state index contributed by atoms with van der Waals surface area (Å²) in [4.78, 5) is 0. The molecule has 1 aromatic carbocycles. The molecule has 2 aromatic rings. The molecule has 0 amide bonds. The lowest BCUT2D eigenvalue weighted by molar-refractivity contribution is 0.571. The molecule has 2 atom stereocenters. The number of nitrogens with zero attached hydrogens (tertiary/aromatic N) is 2. The molecule has 0 bridgehead atoms. The molecule has 2 N–H and O–H groups in total. The van der Waals surface area contributed by atoms with Crippen LogP contribution in [0.2, 0.25) is 0 Å². The van der Waals surface area contributed by atoms with Gasteiger partial charge < -0.3 is 5.43 Å². The van der Waals surface area contributed by atoms with E-state index in [1.807, 2.05) is 36.4 Å². The smallest absolute Gasteiger partial charge is 0.195 e. The summed E-state index contributed by atoms with van der Waals surface area (Å²) < 4.78 is 13.2. The molecule has 6 heteroatoms. The summed E-state index contributed by atoms with van der Waals surface area (Å²) in [5, 5.41) is 4.46. The van der Waals surface area contributed by atoms with Crippen LogP contribution in [0.25, 0.3) is 11.3 Å². The molecule has 2 unspecified atom stereocenters. The lowest BCUT2D eigenvalue weighted by Crippen LogP contribution is -2.25. The molecular formula is C11H12N4OS. The molecule has 3 rings (SSSR count). The van der Waals surface area contributed by atoms with Gasteiger partial charge in [0.25, 0.3) is 0 Å². The first-order chi connectivity index (χ1) is 8.25. The third-order valence-corrected chi connectivity index (χ3v) is 3.61. The van der Waals surface area contributed by atoms with E-state index in [1.54, 1.807) is 10.9 Å². The molecule has 0 saturated heterocycles. The number of aromatic nitrogens is 2. The maximum Gasteiger partial charge on any atom is 0.195 e. The predicted molar refractivity (Wildman–Crippen MR) is 67.5 cm³/mol. The molecule has 1 aliphatic heterocycles. The van der Waals surface area contributed by atoms with E-state index in [4.69, 9.17) is 0 Å². The Morgan fingerprint density at radius 3 is 2.82 bits per heavy atom. The van der Waals surface area contributed by atoms with Gasteiger partial charge in [0, 0.05) is 17.9 Å². The molecule has 1 aliphatic rings. The van der Waals surface area contributed by atoms with Crippen LogP contribution in [0.1, 0.15) is 5.50 Å². The number of rotatable bonds is 2. The SMILES string of the molecule is CS(=O)C1NNc2cc(-c3ccccc3)nn21. The van der Waals surface area contributed by atoms with Gasteiger partial charge >= 0.3 is 0 Å². The van der Waals surface area contributed by atoms with E-state index in [0.717, 1.165) is 17.1 Å². The Labute approximate surface area is 101 Å². The Kier molecular flexibility index (Phi) is 2.45. The van der Waals surface area contributed by atoms with Gasteiger partial charge in [-0.15, -0.1) is 0 Å². The van der Waals surface area contributed by atoms with Crippen molar-refractivity contribution in [2.24, 2.45) is 0 Å². The molecule has 0 aliphatic carbocycles. The number of nitrogens with one attached hydrogen (secondary N) is 2. The summed E-state index contributed by atoms with van der Waals surface area (Å²) in [6.45, 7) is 0. The molecule has 0 radical (unpaired) electrons. The van der Waals surface area contributed by atoms with E-state index < -0.39 is 10.8 Å². The van der Waals surface area contributed by atoms with Crippen molar-refractivity contribution >= 4 is 16.6 Å². The molecular weight excluding hydrogens is 236 g/mol. The second kappa shape index (κ2) is 3.97. The van der Waals surface area contributed by atoms with E-state index in [1.165, 1.54) is 0 Å². The second-order valence-corrected chi connectivity index (χ2v) is 5.29. The van der Waals surface area contributed by atoms with Crippen LogP contribution in [0.3, 0.4) is 0 Å². The lowest BCUT2D eigenvalue weighted by Gasteiger charge is -2.07. The van der Waals surface area contributed by atoms with Gasteiger partial charge in [-0.2, -0.15) is 5.10 Å². The zero-order chi connectivity index (χ0) is 11.8. The van der Waals surface area contributed by atoms with Crippen LogP contribution in [-0.4, -0.2) is 20.2 Å². The van der Waals surface area contributed by atoms with E-state index in [0.29, 0.717) is 0 Å². The minimum atomic E-state index is -1.02. The number of anilines is 1. The van der Waals surface area contributed by atoms with Crippen LogP contribution in [0.4, 0.5) is 5.82 Å². The van der Waals surface area contributed by atoms with Gasteiger partial charge in [-0.05, 0) is 0 Å². The molecule has 17 heavy (non-hydrogen) atoms. The highest BCUT2D eigenvalue weighted by molar-refractivity contribution is 7.84. The summed E-state index contributed by atoms with van der Waals surface area (Å²) >= 11 is 0. The summed E-state index contributed by atoms with van der Waals surface area (Å²) in [6.07, 6.45) is 1.65. The summed E-state index contributed by atoms with van der Waals surface area (Å²) in [5.74, 6) is 0.837. The van der Waals surface area contributed by atoms with E-state index in [2.05, 4.69) is 16.0 Å². The first kappa shape index (κ1) is 10.5. The van der Waals surface area contributed by atoms with Gasteiger partial charge in [0.2, 0.25) is 0 Å². The van der Waals surface area contributed by atoms with Crippen molar-refractivity contribution in [3.63, 3.8) is 0 Å². The van der Waals surface area contributed by atoms with E-state index in [9.17, 15) is 4.21 Å². The highest BCUT2D eigenvalue weighted by Gasteiger charge is 2.26. The highest BCUT2D eigenvalue weighted by Crippen LogP contribution is 2.27. The van der Waals surface area contributed by atoms with Gasteiger partial charge in [-0.3, -0.25) is 4.21 Å².